The molecule has 0 fully saturated rings. The van der Waals surface area contributed by atoms with E-state index in [2.05, 4.69) is 10.6 Å². The van der Waals surface area contributed by atoms with Gasteiger partial charge < -0.3 is 20.5 Å². The Morgan fingerprint density at radius 3 is 2.87 bits per heavy atom. The van der Waals surface area contributed by atoms with Gasteiger partial charge in [-0.3, -0.25) is 0 Å². The number of nitrogens with one attached hydrogen (secondary N) is 2. The Kier molecular flexibility index (Phi) is 4.60. The maximum atomic E-state index is 12.0. The summed E-state index contributed by atoms with van der Waals surface area (Å²) >= 11 is 0. The Morgan fingerprint density at radius 2 is 2.04 bits per heavy atom. The Labute approximate surface area is 135 Å². The first-order valence-corrected chi connectivity index (χ1v) is 7.61. The molecule has 3 rings (SSSR count). The van der Waals surface area contributed by atoms with Gasteiger partial charge in [-0.15, -0.1) is 0 Å². The second-order valence-electron chi connectivity index (χ2n) is 5.74. The monoisotopic (exact) mass is 312 g/mol. The van der Waals surface area contributed by atoms with E-state index in [-0.39, 0.29) is 12.6 Å². The Hall–Kier alpha value is -2.37. The van der Waals surface area contributed by atoms with Gasteiger partial charge in [-0.25, -0.2) is 4.79 Å². The van der Waals surface area contributed by atoms with Crippen LogP contribution < -0.4 is 10.6 Å². The van der Waals surface area contributed by atoms with Crippen molar-refractivity contribution in [1.29, 1.82) is 0 Å². The molecule has 1 unspecified atom stereocenters. The summed E-state index contributed by atoms with van der Waals surface area (Å²) in [7, 11) is 0. The predicted octanol–water partition coefficient (Wildman–Crippen LogP) is 2.88. The van der Waals surface area contributed by atoms with Crippen LogP contribution in [0.5, 0.6) is 0 Å². The number of ether oxygens (including phenoxy) is 1. The number of amides is 2. The smallest absolute Gasteiger partial charge is 0.319 e. The van der Waals surface area contributed by atoms with Gasteiger partial charge in [0.2, 0.25) is 0 Å². The van der Waals surface area contributed by atoms with Gasteiger partial charge in [0.25, 0.3) is 0 Å². The lowest BCUT2D eigenvalue weighted by Crippen LogP contribution is -2.32. The molecule has 0 saturated heterocycles. The average molecular weight is 312 g/mol. The third-order valence-corrected chi connectivity index (χ3v) is 3.86. The minimum Gasteiger partial charge on any atom is -0.387 e. The summed E-state index contributed by atoms with van der Waals surface area (Å²) in [6.45, 7) is 3.33. The number of aryl methyl sites for hydroxylation is 1. The summed E-state index contributed by atoms with van der Waals surface area (Å²) in [6.07, 6.45) is -0.728. The molecule has 3 N–H and O–H groups in total. The Morgan fingerprint density at radius 1 is 1.22 bits per heavy atom. The summed E-state index contributed by atoms with van der Waals surface area (Å²) in [5, 5.41) is 15.6. The minimum atomic E-state index is -0.728. The Bertz CT molecular complexity index is 715. The highest BCUT2D eigenvalue weighted by atomic mass is 16.5. The van der Waals surface area contributed by atoms with Gasteiger partial charge in [-0.1, -0.05) is 35.9 Å². The molecule has 1 atom stereocenters. The number of carbonyl (C=O) groups is 1. The highest BCUT2D eigenvalue weighted by Gasteiger charge is 2.13. The lowest BCUT2D eigenvalue weighted by Gasteiger charge is -2.14. The summed E-state index contributed by atoms with van der Waals surface area (Å²) in [4.78, 5) is 12.0. The molecule has 5 nitrogen and oxygen atoms in total. The number of aliphatic hydroxyl groups is 1. The summed E-state index contributed by atoms with van der Waals surface area (Å²) < 4.78 is 5.35. The van der Waals surface area contributed by atoms with Crippen molar-refractivity contribution < 1.29 is 14.6 Å². The van der Waals surface area contributed by atoms with Gasteiger partial charge in [-0.2, -0.15) is 0 Å². The van der Waals surface area contributed by atoms with Gasteiger partial charge in [0, 0.05) is 12.2 Å². The molecule has 2 amide bonds. The molecule has 120 valence electrons. The van der Waals surface area contributed by atoms with Gasteiger partial charge in [0.15, 0.2) is 0 Å². The normalized spacial score (nSPS) is 14.2. The third-order valence-electron chi connectivity index (χ3n) is 3.86. The molecular weight excluding hydrogens is 292 g/mol. The largest absolute Gasteiger partial charge is 0.387 e. The number of carbonyl (C=O) groups excluding carboxylic acids is 1. The van der Waals surface area contributed by atoms with Crippen LogP contribution in [-0.4, -0.2) is 17.7 Å². The first-order chi connectivity index (χ1) is 11.1. The Balaban J connectivity index is 1.53. The van der Waals surface area contributed by atoms with Crippen molar-refractivity contribution in [2.24, 2.45) is 0 Å². The number of rotatable bonds is 4. The van der Waals surface area contributed by atoms with Crippen LogP contribution in [0.4, 0.5) is 10.5 Å². The van der Waals surface area contributed by atoms with Gasteiger partial charge in [0.1, 0.15) is 0 Å². The standard InChI is InChI=1S/C18H20N2O3/c1-12-3-2-4-13(7-12)17(21)9-19-18(22)20-16-6-5-14-10-23-11-15(14)8-16/h2-8,17,21H,9-11H2,1H3,(H2,19,20,22). The number of hydrogen-bond donors (Lipinski definition) is 3. The molecule has 2 aromatic rings. The van der Waals surface area contributed by atoms with E-state index >= 15 is 0 Å². The van der Waals surface area contributed by atoms with Crippen molar-refractivity contribution in [3.8, 4) is 0 Å². The second-order valence-corrected chi connectivity index (χ2v) is 5.74. The molecule has 2 aromatic carbocycles. The number of aliphatic hydroxyl groups excluding tert-OH is 1. The lowest BCUT2D eigenvalue weighted by molar-refractivity contribution is 0.134. The fraction of sp³-hybridized carbons (Fsp3) is 0.278. The summed E-state index contributed by atoms with van der Waals surface area (Å²) in [5.41, 5.74) is 4.84. The number of fused-ring (bicyclic) bond motifs is 1. The molecule has 0 spiro atoms. The highest BCUT2D eigenvalue weighted by Crippen LogP contribution is 2.23. The van der Waals surface area contributed by atoms with Crippen LogP contribution in [-0.2, 0) is 18.0 Å². The van der Waals surface area contributed by atoms with E-state index in [0.717, 1.165) is 27.9 Å². The topological polar surface area (TPSA) is 70.6 Å². The zero-order valence-electron chi connectivity index (χ0n) is 13.0. The molecule has 23 heavy (non-hydrogen) atoms. The number of anilines is 1. The molecule has 1 aliphatic heterocycles. The van der Waals surface area contributed by atoms with Crippen LogP contribution in [0.15, 0.2) is 42.5 Å². The van der Waals surface area contributed by atoms with E-state index in [0.29, 0.717) is 13.2 Å². The molecule has 0 aliphatic carbocycles. The van der Waals surface area contributed by atoms with Gasteiger partial charge >= 0.3 is 6.03 Å². The fourth-order valence-corrected chi connectivity index (χ4v) is 2.61. The summed E-state index contributed by atoms with van der Waals surface area (Å²) in [5.74, 6) is 0. The molecule has 0 radical (unpaired) electrons. The molecule has 1 heterocycles. The molecule has 0 bridgehead atoms. The van der Waals surface area contributed by atoms with Crippen molar-refractivity contribution in [2.75, 3.05) is 11.9 Å². The van der Waals surface area contributed by atoms with Crippen molar-refractivity contribution in [2.45, 2.75) is 26.2 Å². The van der Waals surface area contributed by atoms with Crippen LogP contribution >= 0.6 is 0 Å². The molecule has 0 aromatic heterocycles. The maximum absolute atomic E-state index is 12.0. The van der Waals surface area contributed by atoms with E-state index in [4.69, 9.17) is 4.74 Å². The number of hydrogen-bond acceptors (Lipinski definition) is 3. The quantitative estimate of drug-likeness (QED) is 0.813. The zero-order valence-corrected chi connectivity index (χ0v) is 13.0. The van der Waals surface area contributed by atoms with Crippen molar-refractivity contribution >= 4 is 11.7 Å². The average Bonchev–Trinajstić information content (AvgIpc) is 3.00. The van der Waals surface area contributed by atoms with E-state index in [9.17, 15) is 9.90 Å². The van der Waals surface area contributed by atoms with Crippen LogP contribution in [0, 0.1) is 6.92 Å². The van der Waals surface area contributed by atoms with E-state index in [1.54, 1.807) is 0 Å². The van der Waals surface area contributed by atoms with Crippen LogP contribution in [0.1, 0.15) is 28.4 Å². The van der Waals surface area contributed by atoms with E-state index in [1.807, 2.05) is 49.4 Å². The van der Waals surface area contributed by atoms with Gasteiger partial charge in [0.05, 0.1) is 19.3 Å². The minimum absolute atomic E-state index is 0.156. The number of benzene rings is 2. The fourth-order valence-electron chi connectivity index (χ4n) is 2.61. The number of urea groups is 1. The van der Waals surface area contributed by atoms with E-state index in [1.165, 1.54) is 0 Å². The lowest BCUT2D eigenvalue weighted by atomic mass is 10.1. The third kappa shape index (κ3) is 3.88. The summed E-state index contributed by atoms with van der Waals surface area (Å²) in [6, 6.07) is 13.0. The van der Waals surface area contributed by atoms with Crippen molar-refractivity contribution in [3.05, 3.63) is 64.7 Å². The van der Waals surface area contributed by atoms with E-state index < -0.39 is 6.10 Å². The van der Waals surface area contributed by atoms with Crippen molar-refractivity contribution in [3.63, 3.8) is 0 Å². The molecule has 5 heteroatoms. The first kappa shape index (κ1) is 15.5. The molecular formula is C18H20N2O3. The van der Waals surface area contributed by atoms with Crippen LogP contribution in [0.25, 0.3) is 0 Å². The zero-order chi connectivity index (χ0) is 16.2. The molecule has 1 aliphatic rings. The van der Waals surface area contributed by atoms with Crippen LogP contribution in [0.3, 0.4) is 0 Å². The predicted molar refractivity (Wildman–Crippen MR) is 88.1 cm³/mol. The maximum Gasteiger partial charge on any atom is 0.319 e. The first-order valence-electron chi connectivity index (χ1n) is 7.61. The van der Waals surface area contributed by atoms with Crippen molar-refractivity contribution in [1.82, 2.24) is 5.32 Å². The highest BCUT2D eigenvalue weighted by molar-refractivity contribution is 5.89. The molecule has 0 saturated carbocycles. The second kappa shape index (κ2) is 6.81. The van der Waals surface area contributed by atoms with Crippen LogP contribution in [0.2, 0.25) is 0 Å². The van der Waals surface area contributed by atoms with Gasteiger partial charge in [-0.05, 0) is 35.7 Å². The SMILES string of the molecule is Cc1cccc(C(O)CNC(=O)Nc2ccc3c(c2)COC3)c1.